The molecule has 2 aromatic rings. The summed E-state index contributed by atoms with van der Waals surface area (Å²) in [6.07, 6.45) is 3.99. The summed E-state index contributed by atoms with van der Waals surface area (Å²) in [7, 11) is 0. The number of hydrogen-bond donors (Lipinski definition) is 3. The van der Waals surface area contributed by atoms with Crippen LogP contribution in [-0.2, 0) is 43.0 Å². The van der Waals surface area contributed by atoms with E-state index in [4.69, 9.17) is 4.74 Å². The van der Waals surface area contributed by atoms with Gasteiger partial charge in [-0.1, -0.05) is 6.58 Å². The number of carbonyl (C=O) groups excluding carboxylic acids is 2. The zero-order valence-electron chi connectivity index (χ0n) is 20.2. The number of fused-ring (bicyclic) bond motifs is 2. The number of allylic oxidation sites excluding steroid dienone is 1. The molecule has 6 nitrogen and oxygen atoms in total. The van der Waals surface area contributed by atoms with E-state index in [0.717, 1.165) is 57.9 Å². The number of ether oxygens (including phenoxy) is 1. The maximum atomic E-state index is 15.0. The zero-order chi connectivity index (χ0) is 25.3. The Bertz CT molecular complexity index is 1150. The highest BCUT2D eigenvalue weighted by atomic mass is 32.1. The molecule has 0 saturated carbocycles. The fraction of sp³-hybridized carbons (Fsp3) is 0.520. The number of carbonyl (C=O) groups is 2. The Morgan fingerprint density at radius 1 is 1.14 bits per heavy atom. The molecule has 190 valence electrons. The highest BCUT2D eigenvalue weighted by Gasteiger charge is 2.39. The standard InChI is InChI=1S/C25H31F2N3O3S2/c1-13(2)25(26,27)21-17(15-9-10-28-12-19(15)34-21)11-29-24(32)30-22-20(23(31)33-14(3)4)16-7-5-6-8-18(16)35-22/h14,28H,1,5-12H2,2-4H3,(H2,29,30,32). The van der Waals surface area contributed by atoms with E-state index in [1.165, 1.54) is 18.3 Å². The van der Waals surface area contributed by atoms with E-state index in [1.54, 1.807) is 13.8 Å². The van der Waals surface area contributed by atoms with Crippen molar-refractivity contribution in [1.29, 1.82) is 0 Å². The third-order valence-corrected chi connectivity index (χ3v) is 8.78. The second-order valence-corrected chi connectivity index (χ2v) is 11.5. The van der Waals surface area contributed by atoms with Crippen LogP contribution >= 0.6 is 22.7 Å². The second-order valence-electron chi connectivity index (χ2n) is 9.27. The largest absolute Gasteiger partial charge is 0.459 e. The summed E-state index contributed by atoms with van der Waals surface area (Å²) in [5, 5.41) is 9.21. The van der Waals surface area contributed by atoms with E-state index in [1.807, 2.05) is 0 Å². The number of thiophene rings is 2. The van der Waals surface area contributed by atoms with E-state index in [-0.39, 0.29) is 23.1 Å². The van der Waals surface area contributed by atoms with Gasteiger partial charge in [0.05, 0.1) is 16.5 Å². The van der Waals surface area contributed by atoms with Gasteiger partial charge in [0.25, 0.3) is 0 Å². The molecule has 10 heteroatoms. The minimum atomic E-state index is -3.17. The van der Waals surface area contributed by atoms with Crippen molar-refractivity contribution in [3.8, 4) is 0 Å². The second kappa shape index (κ2) is 10.4. The summed E-state index contributed by atoms with van der Waals surface area (Å²) in [4.78, 5) is 27.6. The predicted molar refractivity (Wildman–Crippen MR) is 136 cm³/mol. The summed E-state index contributed by atoms with van der Waals surface area (Å²) >= 11 is 2.47. The number of amides is 2. The first-order valence-corrected chi connectivity index (χ1v) is 13.5. The Kier molecular flexibility index (Phi) is 7.63. The Labute approximate surface area is 212 Å². The Balaban J connectivity index is 1.56. The van der Waals surface area contributed by atoms with Crippen molar-refractivity contribution in [1.82, 2.24) is 10.6 Å². The van der Waals surface area contributed by atoms with Gasteiger partial charge in [0.1, 0.15) is 5.00 Å². The van der Waals surface area contributed by atoms with Gasteiger partial charge in [0.15, 0.2) is 0 Å². The fourth-order valence-electron chi connectivity index (χ4n) is 4.49. The number of hydrogen-bond acceptors (Lipinski definition) is 6. The van der Waals surface area contributed by atoms with Gasteiger partial charge < -0.3 is 15.4 Å². The minimum absolute atomic E-state index is 0.0350. The van der Waals surface area contributed by atoms with E-state index >= 15 is 0 Å². The Morgan fingerprint density at radius 3 is 2.60 bits per heavy atom. The van der Waals surface area contributed by atoms with Crippen LogP contribution in [0.3, 0.4) is 0 Å². The van der Waals surface area contributed by atoms with Gasteiger partial charge in [0.2, 0.25) is 0 Å². The molecule has 4 rings (SSSR count). The molecular formula is C25H31F2N3O3S2. The molecule has 0 bridgehead atoms. The lowest BCUT2D eigenvalue weighted by Crippen LogP contribution is -2.31. The Hall–Kier alpha value is -2.30. The molecule has 2 aromatic heterocycles. The summed E-state index contributed by atoms with van der Waals surface area (Å²) in [5.74, 6) is -3.62. The number of halogens is 2. The number of anilines is 1. The van der Waals surface area contributed by atoms with Crippen molar-refractivity contribution in [3.63, 3.8) is 0 Å². The molecule has 3 N–H and O–H groups in total. The van der Waals surface area contributed by atoms with Gasteiger partial charge >= 0.3 is 17.9 Å². The Morgan fingerprint density at radius 2 is 1.89 bits per heavy atom. The molecule has 0 unspecified atom stereocenters. The van der Waals surface area contributed by atoms with Crippen LogP contribution in [0.25, 0.3) is 0 Å². The van der Waals surface area contributed by atoms with Crippen LogP contribution in [0, 0.1) is 0 Å². The van der Waals surface area contributed by atoms with Crippen molar-refractivity contribution >= 4 is 39.7 Å². The van der Waals surface area contributed by atoms with E-state index in [0.29, 0.717) is 35.6 Å². The van der Waals surface area contributed by atoms with Crippen LogP contribution < -0.4 is 16.0 Å². The van der Waals surface area contributed by atoms with Crippen molar-refractivity contribution in [2.45, 2.75) is 78.0 Å². The number of aryl methyl sites for hydroxylation is 1. The molecule has 1 aliphatic carbocycles. The molecular weight excluding hydrogens is 492 g/mol. The highest BCUT2D eigenvalue weighted by molar-refractivity contribution is 7.17. The SMILES string of the molecule is C=C(C)C(F)(F)c1sc2c(c1CNC(=O)Nc1sc3c(c1C(=O)OC(C)C)CCCC3)CCNC2. The zero-order valence-corrected chi connectivity index (χ0v) is 21.9. The number of nitrogens with one attached hydrogen (secondary N) is 3. The quantitative estimate of drug-likeness (QED) is 0.312. The maximum Gasteiger partial charge on any atom is 0.341 e. The maximum absolute atomic E-state index is 15.0. The first-order chi connectivity index (χ1) is 16.6. The van der Waals surface area contributed by atoms with Crippen LogP contribution in [-0.4, -0.2) is 24.6 Å². The fourth-order valence-corrected chi connectivity index (χ4v) is 7.16. The monoisotopic (exact) mass is 523 g/mol. The van der Waals surface area contributed by atoms with E-state index in [9.17, 15) is 18.4 Å². The van der Waals surface area contributed by atoms with Crippen molar-refractivity contribution in [2.75, 3.05) is 11.9 Å². The number of esters is 1. The van der Waals surface area contributed by atoms with Crippen LogP contribution in [0.2, 0.25) is 0 Å². The molecule has 1 aliphatic heterocycles. The van der Waals surface area contributed by atoms with Gasteiger partial charge in [-0.05, 0) is 81.7 Å². The molecule has 0 saturated heterocycles. The first kappa shape index (κ1) is 25.8. The first-order valence-electron chi connectivity index (χ1n) is 11.9. The van der Waals surface area contributed by atoms with Gasteiger partial charge in [-0.15, -0.1) is 22.7 Å². The molecule has 0 spiro atoms. The van der Waals surface area contributed by atoms with Crippen LogP contribution in [0.1, 0.15) is 75.3 Å². The van der Waals surface area contributed by atoms with E-state index < -0.39 is 17.9 Å². The predicted octanol–water partition coefficient (Wildman–Crippen LogP) is 5.89. The number of alkyl halides is 2. The lowest BCUT2D eigenvalue weighted by molar-refractivity contribution is 0.0376. The lowest BCUT2D eigenvalue weighted by atomic mass is 9.95. The van der Waals surface area contributed by atoms with Crippen molar-refractivity contribution in [2.24, 2.45) is 0 Å². The molecule has 35 heavy (non-hydrogen) atoms. The van der Waals surface area contributed by atoms with Crippen molar-refractivity contribution < 1.29 is 23.1 Å². The average Bonchev–Trinajstić information content (AvgIpc) is 3.35. The van der Waals surface area contributed by atoms with Crippen LogP contribution in [0.15, 0.2) is 12.2 Å². The number of rotatable bonds is 7. The summed E-state index contributed by atoms with van der Waals surface area (Å²) in [6, 6.07) is -0.541. The summed E-state index contributed by atoms with van der Waals surface area (Å²) in [5.41, 5.74) is 2.47. The number of urea groups is 1. The van der Waals surface area contributed by atoms with Crippen LogP contribution in [0.4, 0.5) is 18.6 Å². The molecule has 2 aliphatic rings. The molecule has 0 atom stereocenters. The summed E-state index contributed by atoms with van der Waals surface area (Å²) in [6.45, 7) is 9.56. The molecule has 0 radical (unpaired) electrons. The summed E-state index contributed by atoms with van der Waals surface area (Å²) < 4.78 is 35.4. The molecule has 0 aromatic carbocycles. The van der Waals surface area contributed by atoms with Gasteiger partial charge in [0, 0.05) is 22.8 Å². The molecule has 3 heterocycles. The van der Waals surface area contributed by atoms with E-state index in [2.05, 4.69) is 22.5 Å². The molecule has 2 amide bonds. The third-order valence-electron chi connectivity index (χ3n) is 6.23. The smallest absolute Gasteiger partial charge is 0.341 e. The minimum Gasteiger partial charge on any atom is -0.459 e. The van der Waals surface area contributed by atoms with Gasteiger partial charge in [-0.2, -0.15) is 8.78 Å². The molecule has 0 fully saturated rings. The van der Waals surface area contributed by atoms with Crippen molar-refractivity contribution in [3.05, 3.63) is 49.0 Å². The highest BCUT2D eigenvalue weighted by Crippen LogP contribution is 2.44. The van der Waals surface area contributed by atoms with Gasteiger partial charge in [-0.3, -0.25) is 5.32 Å². The van der Waals surface area contributed by atoms with Gasteiger partial charge in [-0.25, -0.2) is 9.59 Å². The lowest BCUT2D eigenvalue weighted by Gasteiger charge is -2.19. The average molecular weight is 524 g/mol. The van der Waals surface area contributed by atoms with Crippen LogP contribution in [0.5, 0.6) is 0 Å². The third kappa shape index (κ3) is 5.29. The normalized spacial score (nSPS) is 15.4. The topological polar surface area (TPSA) is 79.5 Å².